The highest BCUT2D eigenvalue weighted by molar-refractivity contribution is 5.92. The number of hydrogen-bond acceptors (Lipinski definition) is 4. The summed E-state index contributed by atoms with van der Waals surface area (Å²) in [5.74, 6) is -0.0222. The molecule has 20 heavy (non-hydrogen) atoms. The van der Waals surface area contributed by atoms with Gasteiger partial charge in [-0.3, -0.25) is 4.79 Å². The van der Waals surface area contributed by atoms with Crippen LogP contribution in [0.25, 0.3) is 0 Å². The molecule has 1 atom stereocenters. The van der Waals surface area contributed by atoms with Gasteiger partial charge in [-0.05, 0) is 38.8 Å². The molecule has 0 radical (unpaired) electrons. The lowest BCUT2D eigenvalue weighted by Gasteiger charge is -2.23. The number of nitrogens with zero attached hydrogens (tertiary/aromatic N) is 2. The number of carbonyl (C=O) groups excluding carboxylic acids is 1. The Morgan fingerprint density at radius 1 is 1.50 bits per heavy atom. The molecule has 5 heteroatoms. The molecule has 1 aliphatic rings. The van der Waals surface area contributed by atoms with Crippen LogP contribution in [0.3, 0.4) is 0 Å². The van der Waals surface area contributed by atoms with E-state index in [1.165, 1.54) is 0 Å². The Kier molecular flexibility index (Phi) is 5.35. The van der Waals surface area contributed by atoms with Crippen LogP contribution in [0.15, 0.2) is 18.3 Å². The molecule has 1 amide bonds. The summed E-state index contributed by atoms with van der Waals surface area (Å²) in [6, 6.07) is 3.67. The Bertz CT molecular complexity index is 427. The van der Waals surface area contributed by atoms with Gasteiger partial charge in [0.15, 0.2) is 0 Å². The summed E-state index contributed by atoms with van der Waals surface area (Å²) in [6.07, 6.45) is 4.01. The molecule has 1 aromatic heterocycles. The summed E-state index contributed by atoms with van der Waals surface area (Å²) in [5.41, 5.74) is 1.43. The van der Waals surface area contributed by atoms with Crippen molar-refractivity contribution >= 4 is 11.6 Å². The van der Waals surface area contributed by atoms with Crippen molar-refractivity contribution in [1.82, 2.24) is 9.88 Å². The second-order valence-corrected chi connectivity index (χ2v) is 4.94. The van der Waals surface area contributed by atoms with Gasteiger partial charge < -0.3 is 15.0 Å². The zero-order chi connectivity index (χ0) is 14.4. The van der Waals surface area contributed by atoms with Gasteiger partial charge in [-0.15, -0.1) is 0 Å². The predicted molar refractivity (Wildman–Crippen MR) is 79.0 cm³/mol. The maximum Gasteiger partial charge on any atom is 0.272 e. The number of rotatable bonds is 6. The molecule has 0 aliphatic carbocycles. The molecule has 0 aromatic carbocycles. The number of pyridine rings is 1. The summed E-state index contributed by atoms with van der Waals surface area (Å²) in [7, 11) is 0. The minimum Gasteiger partial charge on any atom is -0.384 e. The fourth-order valence-corrected chi connectivity index (χ4v) is 2.38. The average Bonchev–Trinajstić information content (AvgIpc) is 2.98. The van der Waals surface area contributed by atoms with E-state index in [-0.39, 0.29) is 12.0 Å². The number of hydrogen-bond donors (Lipinski definition) is 1. The van der Waals surface area contributed by atoms with Gasteiger partial charge in [-0.2, -0.15) is 0 Å². The van der Waals surface area contributed by atoms with E-state index < -0.39 is 0 Å². The summed E-state index contributed by atoms with van der Waals surface area (Å²) in [5, 5.41) is 3.17. The quantitative estimate of drug-likeness (QED) is 0.865. The largest absolute Gasteiger partial charge is 0.384 e. The molecular formula is C15H23N3O2. The molecule has 110 valence electrons. The highest BCUT2D eigenvalue weighted by Crippen LogP contribution is 2.15. The fraction of sp³-hybridized carbons (Fsp3) is 0.600. The third-order valence-electron chi connectivity index (χ3n) is 3.48. The van der Waals surface area contributed by atoms with Gasteiger partial charge in [0.1, 0.15) is 5.69 Å². The second-order valence-electron chi connectivity index (χ2n) is 4.94. The molecule has 0 bridgehead atoms. The van der Waals surface area contributed by atoms with Gasteiger partial charge in [0.05, 0.1) is 18.0 Å². The van der Waals surface area contributed by atoms with E-state index >= 15 is 0 Å². The SMILES string of the molecule is CCNc1ccc(C(=O)N(CC)CC2CCCO2)nc1. The van der Waals surface area contributed by atoms with E-state index in [0.29, 0.717) is 18.8 Å². The van der Waals surface area contributed by atoms with Crippen molar-refractivity contribution in [2.45, 2.75) is 32.8 Å². The second kappa shape index (κ2) is 7.24. The molecule has 1 unspecified atom stereocenters. The number of ether oxygens (including phenoxy) is 1. The number of carbonyl (C=O) groups is 1. The van der Waals surface area contributed by atoms with E-state index in [4.69, 9.17) is 4.74 Å². The molecule has 0 spiro atoms. The highest BCUT2D eigenvalue weighted by atomic mass is 16.5. The Hall–Kier alpha value is -1.62. The smallest absolute Gasteiger partial charge is 0.272 e. The third-order valence-corrected chi connectivity index (χ3v) is 3.48. The highest BCUT2D eigenvalue weighted by Gasteiger charge is 2.22. The van der Waals surface area contributed by atoms with Gasteiger partial charge in [0.25, 0.3) is 5.91 Å². The number of aromatic nitrogens is 1. The first kappa shape index (κ1) is 14.8. The van der Waals surface area contributed by atoms with Crippen LogP contribution in [-0.2, 0) is 4.74 Å². The molecule has 2 heterocycles. The van der Waals surface area contributed by atoms with Gasteiger partial charge in [-0.25, -0.2) is 4.98 Å². The van der Waals surface area contributed by atoms with Crippen molar-refractivity contribution in [1.29, 1.82) is 0 Å². The summed E-state index contributed by atoms with van der Waals surface area (Å²) >= 11 is 0. The summed E-state index contributed by atoms with van der Waals surface area (Å²) < 4.78 is 5.60. The average molecular weight is 277 g/mol. The minimum absolute atomic E-state index is 0.0222. The molecule has 1 aromatic rings. The maximum absolute atomic E-state index is 12.4. The standard InChI is InChI=1S/C15H23N3O2/c1-3-16-12-7-8-14(17-10-12)15(19)18(4-2)11-13-6-5-9-20-13/h7-8,10,13,16H,3-6,9,11H2,1-2H3. The predicted octanol–water partition coefficient (Wildman–Crippen LogP) is 2.15. The van der Waals surface area contributed by atoms with E-state index in [9.17, 15) is 4.79 Å². The van der Waals surface area contributed by atoms with Crippen molar-refractivity contribution in [3.63, 3.8) is 0 Å². The Morgan fingerprint density at radius 3 is 2.90 bits per heavy atom. The van der Waals surface area contributed by atoms with E-state index in [0.717, 1.165) is 31.7 Å². The third kappa shape index (κ3) is 3.70. The first-order chi connectivity index (χ1) is 9.74. The topological polar surface area (TPSA) is 54.5 Å². The van der Waals surface area contributed by atoms with E-state index in [1.54, 1.807) is 12.3 Å². The number of anilines is 1. The Balaban J connectivity index is 1.99. The maximum atomic E-state index is 12.4. The van der Waals surface area contributed by atoms with E-state index in [2.05, 4.69) is 10.3 Å². The van der Waals surface area contributed by atoms with Crippen LogP contribution in [0.4, 0.5) is 5.69 Å². The Labute approximate surface area is 120 Å². The fourth-order valence-electron chi connectivity index (χ4n) is 2.38. The number of nitrogens with one attached hydrogen (secondary N) is 1. The van der Waals surface area contributed by atoms with Crippen molar-refractivity contribution in [2.75, 3.05) is 31.6 Å². The van der Waals surface area contributed by atoms with Crippen molar-refractivity contribution in [2.24, 2.45) is 0 Å². The van der Waals surface area contributed by atoms with Crippen LogP contribution in [0.1, 0.15) is 37.2 Å². The van der Waals surface area contributed by atoms with Crippen molar-refractivity contribution in [3.05, 3.63) is 24.0 Å². The zero-order valence-corrected chi connectivity index (χ0v) is 12.3. The Morgan fingerprint density at radius 2 is 2.35 bits per heavy atom. The lowest BCUT2D eigenvalue weighted by atomic mass is 10.2. The van der Waals surface area contributed by atoms with Gasteiger partial charge in [0, 0.05) is 26.2 Å². The molecule has 1 fully saturated rings. The van der Waals surface area contributed by atoms with Crippen LogP contribution in [0.2, 0.25) is 0 Å². The lowest BCUT2D eigenvalue weighted by molar-refractivity contribution is 0.0535. The van der Waals surface area contributed by atoms with Crippen LogP contribution in [0.5, 0.6) is 0 Å². The number of amides is 1. The normalized spacial score (nSPS) is 18.0. The number of likely N-dealkylation sites (N-methyl/N-ethyl adjacent to an activating group) is 1. The molecular weight excluding hydrogens is 254 g/mol. The summed E-state index contributed by atoms with van der Waals surface area (Å²) in [6.45, 7) is 7.00. The van der Waals surface area contributed by atoms with Crippen LogP contribution < -0.4 is 5.32 Å². The van der Waals surface area contributed by atoms with Crippen LogP contribution >= 0.6 is 0 Å². The van der Waals surface area contributed by atoms with Crippen molar-refractivity contribution < 1.29 is 9.53 Å². The summed E-state index contributed by atoms with van der Waals surface area (Å²) in [4.78, 5) is 18.5. The van der Waals surface area contributed by atoms with E-state index in [1.807, 2.05) is 24.8 Å². The van der Waals surface area contributed by atoms with Crippen LogP contribution in [-0.4, -0.2) is 48.1 Å². The molecule has 1 N–H and O–H groups in total. The monoisotopic (exact) mass is 277 g/mol. The molecule has 1 saturated heterocycles. The molecule has 0 saturated carbocycles. The van der Waals surface area contributed by atoms with Gasteiger partial charge in [-0.1, -0.05) is 0 Å². The molecule has 2 rings (SSSR count). The van der Waals surface area contributed by atoms with Gasteiger partial charge >= 0.3 is 0 Å². The zero-order valence-electron chi connectivity index (χ0n) is 12.3. The first-order valence-corrected chi connectivity index (χ1v) is 7.35. The van der Waals surface area contributed by atoms with Gasteiger partial charge in [0.2, 0.25) is 0 Å². The van der Waals surface area contributed by atoms with Crippen molar-refractivity contribution in [3.8, 4) is 0 Å². The lowest BCUT2D eigenvalue weighted by Crippen LogP contribution is -2.37. The first-order valence-electron chi connectivity index (χ1n) is 7.35. The molecule has 5 nitrogen and oxygen atoms in total. The van der Waals surface area contributed by atoms with Crippen LogP contribution in [0, 0.1) is 0 Å². The molecule has 1 aliphatic heterocycles. The minimum atomic E-state index is -0.0222.